The summed E-state index contributed by atoms with van der Waals surface area (Å²) in [6.45, 7) is 2.21. The fourth-order valence-electron chi connectivity index (χ4n) is 2.66. The minimum Gasteiger partial charge on any atom is -0.331 e. The molecule has 28 heavy (non-hydrogen) atoms. The molecule has 0 unspecified atom stereocenters. The summed E-state index contributed by atoms with van der Waals surface area (Å²) in [5, 5.41) is 2.99. The molecule has 1 amide bonds. The normalized spacial score (nSPS) is 11.1. The van der Waals surface area contributed by atoms with Gasteiger partial charge in [-0.2, -0.15) is 8.42 Å². The first kappa shape index (κ1) is 24.3. The number of hydrogen-bond acceptors (Lipinski definition) is 4. The standard InChI is InChI=1S/C19H31N3O4S2/c1-2-3-4-5-6-7-8-9-10-11-18(23)21-22-19(27)20-16-12-14-17(15-13-16)28(24,25)26/h12-15H,2-11H2,1H3,(H,21,23)(H2,20,22,27)(H,24,25,26). The molecule has 0 aliphatic carbocycles. The fraction of sp³-hybridized carbons (Fsp3) is 0.579. The lowest BCUT2D eigenvalue weighted by Gasteiger charge is -2.11. The minimum absolute atomic E-state index is 0.131. The van der Waals surface area contributed by atoms with E-state index in [4.69, 9.17) is 16.8 Å². The van der Waals surface area contributed by atoms with Crippen molar-refractivity contribution in [2.45, 2.75) is 76.0 Å². The highest BCUT2D eigenvalue weighted by Gasteiger charge is 2.09. The van der Waals surface area contributed by atoms with E-state index >= 15 is 0 Å². The van der Waals surface area contributed by atoms with Gasteiger partial charge < -0.3 is 5.32 Å². The van der Waals surface area contributed by atoms with Gasteiger partial charge in [0.15, 0.2) is 5.11 Å². The Balaban J connectivity index is 2.12. The van der Waals surface area contributed by atoms with Crippen LogP contribution in [-0.2, 0) is 14.9 Å². The van der Waals surface area contributed by atoms with E-state index in [9.17, 15) is 13.2 Å². The number of rotatable bonds is 12. The molecule has 1 aromatic rings. The van der Waals surface area contributed by atoms with E-state index in [1.807, 2.05) is 0 Å². The monoisotopic (exact) mass is 429 g/mol. The second-order valence-corrected chi connectivity index (χ2v) is 8.53. The second-order valence-electron chi connectivity index (χ2n) is 6.71. The van der Waals surface area contributed by atoms with E-state index < -0.39 is 10.1 Å². The smallest absolute Gasteiger partial charge is 0.294 e. The van der Waals surface area contributed by atoms with Crippen molar-refractivity contribution in [3.05, 3.63) is 24.3 Å². The first-order valence-electron chi connectivity index (χ1n) is 9.76. The van der Waals surface area contributed by atoms with Gasteiger partial charge in [0.2, 0.25) is 5.91 Å². The van der Waals surface area contributed by atoms with Crippen molar-refractivity contribution < 1.29 is 17.8 Å². The highest BCUT2D eigenvalue weighted by molar-refractivity contribution is 7.85. The molecule has 1 rings (SSSR count). The Labute approximate surface area is 173 Å². The van der Waals surface area contributed by atoms with Crippen LogP contribution in [0.5, 0.6) is 0 Å². The lowest BCUT2D eigenvalue weighted by molar-refractivity contribution is -0.121. The molecule has 0 atom stereocenters. The molecule has 0 radical (unpaired) electrons. The van der Waals surface area contributed by atoms with Crippen molar-refractivity contribution in [1.82, 2.24) is 10.9 Å². The minimum atomic E-state index is -4.22. The first-order chi connectivity index (χ1) is 13.3. The van der Waals surface area contributed by atoms with Crippen LogP contribution in [-0.4, -0.2) is 24.0 Å². The zero-order valence-electron chi connectivity index (χ0n) is 16.4. The summed E-state index contributed by atoms with van der Waals surface area (Å²) in [4.78, 5) is 11.6. The summed E-state index contributed by atoms with van der Waals surface area (Å²) in [5.41, 5.74) is 5.67. The maximum absolute atomic E-state index is 11.8. The van der Waals surface area contributed by atoms with Gasteiger partial charge in [-0.05, 0) is 42.9 Å². The van der Waals surface area contributed by atoms with Gasteiger partial charge in [-0.1, -0.05) is 58.3 Å². The number of amides is 1. The molecule has 7 nitrogen and oxygen atoms in total. The molecule has 0 bridgehead atoms. The highest BCUT2D eigenvalue weighted by atomic mass is 32.2. The molecule has 0 aliphatic heterocycles. The first-order valence-corrected chi connectivity index (χ1v) is 11.6. The number of benzene rings is 1. The summed E-state index contributed by atoms with van der Waals surface area (Å²) in [6, 6.07) is 5.42. The number of nitrogens with one attached hydrogen (secondary N) is 3. The van der Waals surface area contributed by atoms with E-state index in [0.29, 0.717) is 12.1 Å². The molecule has 0 heterocycles. The topological polar surface area (TPSA) is 108 Å². The van der Waals surface area contributed by atoms with E-state index in [1.54, 1.807) is 0 Å². The third-order valence-corrected chi connectivity index (χ3v) is 5.30. The van der Waals surface area contributed by atoms with Crippen LogP contribution in [0.4, 0.5) is 5.69 Å². The molecule has 4 N–H and O–H groups in total. The molecule has 0 aliphatic rings. The maximum atomic E-state index is 11.8. The van der Waals surface area contributed by atoms with Crippen LogP contribution >= 0.6 is 12.2 Å². The Morgan fingerprint density at radius 2 is 1.46 bits per heavy atom. The summed E-state index contributed by atoms with van der Waals surface area (Å²) in [6.07, 6.45) is 11.2. The lowest BCUT2D eigenvalue weighted by atomic mass is 10.1. The third-order valence-electron chi connectivity index (χ3n) is 4.23. The Morgan fingerprint density at radius 1 is 0.929 bits per heavy atom. The van der Waals surface area contributed by atoms with Crippen molar-refractivity contribution in [3.8, 4) is 0 Å². The zero-order chi connectivity index (χ0) is 20.8. The SMILES string of the molecule is CCCCCCCCCCCC(=O)NNC(=S)Nc1ccc(S(=O)(=O)O)cc1. The van der Waals surface area contributed by atoms with Crippen molar-refractivity contribution in [3.63, 3.8) is 0 Å². The van der Waals surface area contributed by atoms with Gasteiger partial charge >= 0.3 is 0 Å². The highest BCUT2D eigenvalue weighted by Crippen LogP contribution is 2.13. The fourth-order valence-corrected chi connectivity index (χ4v) is 3.31. The summed E-state index contributed by atoms with van der Waals surface area (Å²) >= 11 is 5.07. The summed E-state index contributed by atoms with van der Waals surface area (Å²) in [7, 11) is -4.22. The number of carbonyl (C=O) groups is 1. The molecule has 158 valence electrons. The second kappa shape index (κ2) is 13.5. The van der Waals surface area contributed by atoms with Gasteiger partial charge in [0.05, 0.1) is 4.90 Å². The van der Waals surface area contributed by atoms with Gasteiger partial charge in [0.25, 0.3) is 10.1 Å². The van der Waals surface area contributed by atoms with Crippen LogP contribution in [0.3, 0.4) is 0 Å². The molecule has 9 heteroatoms. The number of hydrazine groups is 1. The molecule has 1 aromatic carbocycles. The lowest BCUT2D eigenvalue weighted by Crippen LogP contribution is -2.43. The van der Waals surface area contributed by atoms with Gasteiger partial charge in [-0.15, -0.1) is 0 Å². The average Bonchev–Trinajstić information content (AvgIpc) is 2.65. The van der Waals surface area contributed by atoms with Gasteiger partial charge in [-0.3, -0.25) is 20.2 Å². The van der Waals surface area contributed by atoms with Crippen LogP contribution in [0.15, 0.2) is 29.2 Å². The van der Waals surface area contributed by atoms with E-state index in [0.717, 1.165) is 19.3 Å². The van der Waals surface area contributed by atoms with Gasteiger partial charge in [0.1, 0.15) is 0 Å². The average molecular weight is 430 g/mol. The maximum Gasteiger partial charge on any atom is 0.294 e. The molecule has 0 spiro atoms. The van der Waals surface area contributed by atoms with Crippen LogP contribution in [0.2, 0.25) is 0 Å². The number of thiocarbonyl (C=S) groups is 1. The van der Waals surface area contributed by atoms with Crippen LogP contribution < -0.4 is 16.2 Å². The quantitative estimate of drug-likeness (QED) is 0.171. The number of hydrogen-bond donors (Lipinski definition) is 4. The van der Waals surface area contributed by atoms with Gasteiger partial charge in [0, 0.05) is 12.1 Å². The number of unbranched alkanes of at least 4 members (excludes halogenated alkanes) is 8. The summed E-state index contributed by atoms with van der Waals surface area (Å²) in [5.74, 6) is -0.131. The Kier molecular flexibility index (Phi) is 11.7. The van der Waals surface area contributed by atoms with Crippen molar-refractivity contribution in [2.75, 3.05) is 5.32 Å². The molecular formula is C19H31N3O4S2. The molecular weight excluding hydrogens is 398 g/mol. The predicted molar refractivity (Wildman–Crippen MR) is 116 cm³/mol. The third kappa shape index (κ3) is 11.2. The summed E-state index contributed by atoms with van der Waals surface area (Å²) < 4.78 is 30.9. The van der Waals surface area contributed by atoms with Crippen LogP contribution in [0.25, 0.3) is 0 Å². The molecule has 0 fully saturated rings. The molecule has 0 aromatic heterocycles. The largest absolute Gasteiger partial charge is 0.331 e. The Morgan fingerprint density at radius 3 is 2.00 bits per heavy atom. The number of carbonyl (C=O) groups excluding carboxylic acids is 1. The van der Waals surface area contributed by atoms with E-state index in [1.165, 1.54) is 62.8 Å². The van der Waals surface area contributed by atoms with Gasteiger partial charge in [-0.25, -0.2) is 0 Å². The molecule has 0 saturated heterocycles. The Hall–Kier alpha value is -1.71. The van der Waals surface area contributed by atoms with Crippen molar-refractivity contribution in [2.24, 2.45) is 0 Å². The Bertz CT molecular complexity index is 706. The molecule has 0 saturated carbocycles. The van der Waals surface area contributed by atoms with Crippen molar-refractivity contribution in [1.29, 1.82) is 0 Å². The van der Waals surface area contributed by atoms with Crippen molar-refractivity contribution >= 4 is 39.0 Å². The van der Waals surface area contributed by atoms with E-state index in [-0.39, 0.29) is 15.9 Å². The predicted octanol–water partition coefficient (Wildman–Crippen LogP) is 4.17. The zero-order valence-corrected chi connectivity index (χ0v) is 18.0. The van der Waals surface area contributed by atoms with Crippen LogP contribution in [0.1, 0.15) is 71.1 Å². The van der Waals surface area contributed by atoms with Crippen LogP contribution in [0, 0.1) is 0 Å². The van der Waals surface area contributed by atoms with E-state index in [2.05, 4.69) is 23.1 Å². The number of anilines is 1.